The largest absolute Gasteiger partial charge is 0.384 e. The van der Waals surface area contributed by atoms with Crippen LogP contribution < -0.4 is 0 Å². The molecule has 1 aliphatic heterocycles. The second-order valence-electron chi connectivity index (χ2n) is 4.77. The zero-order valence-electron chi connectivity index (χ0n) is 11.4. The van der Waals surface area contributed by atoms with Crippen LogP contribution in [0.3, 0.4) is 0 Å². The molecule has 1 N–H and O–H groups in total. The molecule has 4 heteroatoms. The van der Waals surface area contributed by atoms with Crippen molar-refractivity contribution in [1.82, 2.24) is 0 Å². The third-order valence-corrected chi connectivity index (χ3v) is 3.21. The summed E-state index contributed by atoms with van der Waals surface area (Å²) in [6, 6.07) is 4.41. The van der Waals surface area contributed by atoms with Crippen molar-refractivity contribution in [2.75, 3.05) is 19.8 Å². The number of ether oxygens (including phenoxy) is 2. The van der Waals surface area contributed by atoms with E-state index in [0.717, 1.165) is 25.0 Å². The number of hydrogen-bond donors (Lipinski definition) is 1. The van der Waals surface area contributed by atoms with Crippen LogP contribution in [-0.4, -0.2) is 31.0 Å². The summed E-state index contributed by atoms with van der Waals surface area (Å²) in [6.45, 7) is 1.48. The Bertz CT molecular complexity index is 484. The molecule has 1 aliphatic rings. The second kappa shape index (κ2) is 8.01. The van der Waals surface area contributed by atoms with Crippen molar-refractivity contribution in [3.8, 4) is 11.8 Å². The molecule has 0 radical (unpaired) electrons. The Morgan fingerprint density at radius 2 is 2.30 bits per heavy atom. The molecule has 1 fully saturated rings. The van der Waals surface area contributed by atoms with Crippen LogP contribution >= 0.6 is 0 Å². The lowest BCUT2D eigenvalue weighted by atomic mass is 10.1. The Morgan fingerprint density at radius 3 is 3.05 bits per heavy atom. The van der Waals surface area contributed by atoms with Gasteiger partial charge in [-0.2, -0.15) is 0 Å². The van der Waals surface area contributed by atoms with Crippen LogP contribution in [0.15, 0.2) is 18.2 Å². The lowest BCUT2D eigenvalue weighted by molar-refractivity contribution is -0.0448. The van der Waals surface area contributed by atoms with Gasteiger partial charge in [-0.3, -0.25) is 0 Å². The van der Waals surface area contributed by atoms with Gasteiger partial charge in [0.2, 0.25) is 0 Å². The van der Waals surface area contributed by atoms with Gasteiger partial charge in [0, 0.05) is 12.2 Å². The van der Waals surface area contributed by atoms with Crippen molar-refractivity contribution in [2.24, 2.45) is 0 Å². The van der Waals surface area contributed by atoms with Crippen LogP contribution in [0.5, 0.6) is 0 Å². The molecular weight excluding hydrogens is 259 g/mol. The van der Waals surface area contributed by atoms with E-state index >= 15 is 0 Å². The SMILES string of the molecule is OCC#Cc1cc(F)ccc1COCC1CCCCO1. The first kappa shape index (κ1) is 15.0. The maximum Gasteiger partial charge on any atom is 0.124 e. The molecule has 0 aliphatic carbocycles. The van der Waals surface area contributed by atoms with Gasteiger partial charge in [-0.1, -0.05) is 17.9 Å². The standard InChI is InChI=1S/C16H19FO3/c17-15-7-6-14(13(10-15)4-3-8-18)11-19-12-16-5-1-2-9-20-16/h6-7,10,16,18H,1-2,5,8-9,11-12H2. The first-order valence-electron chi connectivity index (χ1n) is 6.87. The highest BCUT2D eigenvalue weighted by atomic mass is 19.1. The summed E-state index contributed by atoms with van der Waals surface area (Å²) in [6.07, 6.45) is 3.49. The van der Waals surface area contributed by atoms with Crippen LogP contribution in [0.1, 0.15) is 30.4 Å². The van der Waals surface area contributed by atoms with E-state index in [4.69, 9.17) is 14.6 Å². The summed E-state index contributed by atoms with van der Waals surface area (Å²) in [5, 5.41) is 8.72. The highest BCUT2D eigenvalue weighted by molar-refractivity contribution is 5.41. The fraction of sp³-hybridized carbons (Fsp3) is 0.500. The van der Waals surface area contributed by atoms with Gasteiger partial charge in [-0.05, 0) is 37.0 Å². The minimum absolute atomic E-state index is 0.163. The average Bonchev–Trinajstić information content (AvgIpc) is 2.48. The van der Waals surface area contributed by atoms with Gasteiger partial charge in [-0.15, -0.1) is 0 Å². The van der Waals surface area contributed by atoms with Crippen molar-refractivity contribution >= 4 is 0 Å². The molecule has 3 nitrogen and oxygen atoms in total. The topological polar surface area (TPSA) is 38.7 Å². The predicted octanol–water partition coefficient (Wildman–Crippen LogP) is 2.26. The molecule has 1 aromatic rings. The summed E-state index contributed by atoms with van der Waals surface area (Å²) in [7, 11) is 0. The van der Waals surface area contributed by atoms with Crippen molar-refractivity contribution in [2.45, 2.75) is 32.0 Å². The average molecular weight is 278 g/mol. The fourth-order valence-electron chi connectivity index (χ4n) is 2.16. The number of benzene rings is 1. The molecule has 0 saturated carbocycles. The van der Waals surface area contributed by atoms with Crippen molar-refractivity contribution < 1.29 is 19.0 Å². The van der Waals surface area contributed by atoms with E-state index in [1.807, 2.05) is 0 Å². The van der Waals surface area contributed by atoms with E-state index in [2.05, 4.69) is 11.8 Å². The number of aliphatic hydroxyl groups excluding tert-OH is 1. The van der Waals surface area contributed by atoms with Gasteiger partial charge >= 0.3 is 0 Å². The van der Waals surface area contributed by atoms with Crippen molar-refractivity contribution in [1.29, 1.82) is 0 Å². The second-order valence-corrected chi connectivity index (χ2v) is 4.77. The summed E-state index contributed by atoms with van der Waals surface area (Å²) in [5.74, 6) is 4.93. The molecule has 0 bridgehead atoms. The van der Waals surface area contributed by atoms with Gasteiger partial charge < -0.3 is 14.6 Å². The van der Waals surface area contributed by atoms with Crippen LogP contribution in [-0.2, 0) is 16.1 Å². The van der Waals surface area contributed by atoms with Crippen LogP contribution in [0.4, 0.5) is 4.39 Å². The van der Waals surface area contributed by atoms with E-state index in [9.17, 15) is 4.39 Å². The van der Waals surface area contributed by atoms with E-state index in [1.165, 1.54) is 18.6 Å². The number of aliphatic hydroxyl groups is 1. The Balaban J connectivity index is 1.91. The summed E-state index contributed by atoms with van der Waals surface area (Å²) < 4.78 is 24.4. The molecule has 0 amide bonds. The molecule has 1 atom stereocenters. The number of rotatable bonds is 4. The maximum atomic E-state index is 13.2. The lowest BCUT2D eigenvalue weighted by Crippen LogP contribution is -2.24. The zero-order valence-corrected chi connectivity index (χ0v) is 11.4. The van der Waals surface area contributed by atoms with E-state index in [1.54, 1.807) is 6.07 Å². The Hall–Kier alpha value is -1.41. The molecule has 0 aromatic heterocycles. The minimum Gasteiger partial charge on any atom is -0.384 e. The summed E-state index contributed by atoms with van der Waals surface area (Å²) in [4.78, 5) is 0. The molecule has 1 saturated heterocycles. The molecule has 2 rings (SSSR count). The molecule has 1 aromatic carbocycles. The van der Waals surface area contributed by atoms with Crippen LogP contribution in [0.2, 0.25) is 0 Å². The zero-order chi connectivity index (χ0) is 14.2. The van der Waals surface area contributed by atoms with Gasteiger partial charge in [0.1, 0.15) is 12.4 Å². The first-order valence-corrected chi connectivity index (χ1v) is 6.87. The van der Waals surface area contributed by atoms with Gasteiger partial charge in [0.25, 0.3) is 0 Å². The van der Waals surface area contributed by atoms with E-state index in [0.29, 0.717) is 18.8 Å². The Labute approximate surface area is 118 Å². The molecule has 108 valence electrons. The van der Waals surface area contributed by atoms with Crippen LogP contribution in [0, 0.1) is 17.7 Å². The smallest absolute Gasteiger partial charge is 0.124 e. The molecule has 0 spiro atoms. The number of hydrogen-bond acceptors (Lipinski definition) is 3. The van der Waals surface area contributed by atoms with Crippen molar-refractivity contribution in [3.63, 3.8) is 0 Å². The van der Waals surface area contributed by atoms with Crippen molar-refractivity contribution in [3.05, 3.63) is 35.1 Å². The Morgan fingerprint density at radius 1 is 1.40 bits per heavy atom. The van der Waals surface area contributed by atoms with Gasteiger partial charge in [0.15, 0.2) is 0 Å². The highest BCUT2D eigenvalue weighted by Crippen LogP contribution is 2.15. The molecular formula is C16H19FO3. The quantitative estimate of drug-likeness (QED) is 0.859. The normalized spacial score (nSPS) is 18.4. The predicted molar refractivity (Wildman–Crippen MR) is 73.6 cm³/mol. The molecule has 1 unspecified atom stereocenters. The highest BCUT2D eigenvalue weighted by Gasteiger charge is 2.14. The summed E-state index contributed by atoms with van der Waals surface area (Å²) >= 11 is 0. The van der Waals surface area contributed by atoms with E-state index in [-0.39, 0.29) is 18.5 Å². The maximum absolute atomic E-state index is 13.2. The van der Waals surface area contributed by atoms with Gasteiger partial charge in [0.05, 0.1) is 19.3 Å². The monoisotopic (exact) mass is 278 g/mol. The number of halogens is 1. The first-order chi connectivity index (χ1) is 9.79. The molecule has 20 heavy (non-hydrogen) atoms. The van der Waals surface area contributed by atoms with Crippen LogP contribution in [0.25, 0.3) is 0 Å². The van der Waals surface area contributed by atoms with E-state index < -0.39 is 0 Å². The third kappa shape index (κ3) is 4.61. The fourth-order valence-corrected chi connectivity index (χ4v) is 2.16. The summed E-state index contributed by atoms with van der Waals surface area (Å²) in [5.41, 5.74) is 1.38. The molecule has 1 heterocycles. The lowest BCUT2D eigenvalue weighted by Gasteiger charge is -2.22. The Kier molecular flexibility index (Phi) is 6.00. The van der Waals surface area contributed by atoms with Gasteiger partial charge in [-0.25, -0.2) is 4.39 Å². The minimum atomic E-state index is -0.341. The third-order valence-electron chi connectivity index (χ3n) is 3.21.